The number of rotatable bonds is 5. The van der Waals surface area contributed by atoms with E-state index in [1.54, 1.807) is 0 Å². The first-order chi connectivity index (χ1) is 11.5. The molecule has 0 aromatic heterocycles. The Morgan fingerprint density at radius 3 is 2.08 bits per heavy atom. The molecule has 2 heteroatoms. The standard InChI is InChI=1S/C22H28OSi/c1-5-24(6-2,7-3)22(18-14-12-17(4)13-15-18)16-21(23)19-10-8-9-11-20(19)22/h8-15H,5-7,16H2,1-4H3/t22-/m1/s1. The molecule has 0 bridgehead atoms. The van der Waals surface area contributed by atoms with Crippen LogP contribution in [0.25, 0.3) is 0 Å². The van der Waals surface area contributed by atoms with Gasteiger partial charge >= 0.3 is 0 Å². The molecule has 0 saturated heterocycles. The number of ketones is 1. The topological polar surface area (TPSA) is 17.1 Å². The molecule has 0 unspecified atom stereocenters. The predicted octanol–water partition coefficient (Wildman–Crippen LogP) is 5.92. The summed E-state index contributed by atoms with van der Waals surface area (Å²) in [7, 11) is -1.71. The molecule has 0 fully saturated rings. The smallest absolute Gasteiger partial charge is 0.164 e. The Balaban J connectivity index is 2.36. The van der Waals surface area contributed by atoms with E-state index in [-0.39, 0.29) is 5.04 Å². The van der Waals surface area contributed by atoms with E-state index in [9.17, 15) is 4.79 Å². The van der Waals surface area contributed by atoms with Crippen molar-refractivity contribution in [1.82, 2.24) is 0 Å². The molecule has 1 aliphatic rings. The number of aryl methyl sites for hydroxylation is 1. The van der Waals surface area contributed by atoms with Gasteiger partial charge in [0, 0.05) is 17.0 Å². The number of hydrogen-bond donors (Lipinski definition) is 0. The minimum atomic E-state index is -1.71. The summed E-state index contributed by atoms with van der Waals surface area (Å²) >= 11 is 0. The highest BCUT2D eigenvalue weighted by Crippen LogP contribution is 2.53. The van der Waals surface area contributed by atoms with Crippen LogP contribution in [0.4, 0.5) is 0 Å². The summed E-state index contributed by atoms with van der Waals surface area (Å²) in [5.74, 6) is 0.332. The van der Waals surface area contributed by atoms with E-state index in [1.165, 1.54) is 34.8 Å². The highest BCUT2D eigenvalue weighted by Gasteiger charge is 2.56. The lowest BCUT2D eigenvalue weighted by atomic mass is 9.91. The van der Waals surface area contributed by atoms with Gasteiger partial charge in [0.05, 0.1) is 8.07 Å². The Kier molecular flexibility index (Phi) is 4.52. The second kappa shape index (κ2) is 6.32. The zero-order chi connectivity index (χ0) is 17.4. The fraction of sp³-hybridized carbons (Fsp3) is 0.409. The van der Waals surface area contributed by atoms with Crippen molar-refractivity contribution < 1.29 is 4.79 Å². The Labute approximate surface area is 147 Å². The van der Waals surface area contributed by atoms with E-state index in [2.05, 4.69) is 64.1 Å². The molecule has 0 N–H and O–H groups in total. The Hall–Kier alpha value is -1.67. The fourth-order valence-electron chi connectivity index (χ4n) is 5.06. The highest BCUT2D eigenvalue weighted by atomic mass is 28.3. The average Bonchev–Trinajstić information content (AvgIpc) is 2.92. The monoisotopic (exact) mass is 336 g/mol. The molecule has 0 saturated carbocycles. The maximum atomic E-state index is 12.9. The maximum Gasteiger partial charge on any atom is 0.164 e. The largest absolute Gasteiger partial charge is 0.294 e. The molecular weight excluding hydrogens is 308 g/mol. The maximum absolute atomic E-state index is 12.9. The summed E-state index contributed by atoms with van der Waals surface area (Å²) < 4.78 is 0. The van der Waals surface area contributed by atoms with Crippen molar-refractivity contribution in [3.05, 3.63) is 70.8 Å². The molecule has 2 aromatic rings. The van der Waals surface area contributed by atoms with Crippen LogP contribution in [-0.4, -0.2) is 13.9 Å². The van der Waals surface area contributed by atoms with Gasteiger partial charge in [-0.2, -0.15) is 0 Å². The van der Waals surface area contributed by atoms with Gasteiger partial charge in [-0.15, -0.1) is 0 Å². The van der Waals surface area contributed by atoms with Crippen LogP contribution in [0.3, 0.4) is 0 Å². The number of fused-ring (bicyclic) bond motifs is 1. The summed E-state index contributed by atoms with van der Waals surface area (Å²) in [6.45, 7) is 9.18. The lowest BCUT2D eigenvalue weighted by molar-refractivity contribution is 0.0987. The van der Waals surface area contributed by atoms with Crippen molar-refractivity contribution in [2.75, 3.05) is 0 Å². The van der Waals surface area contributed by atoms with Gasteiger partial charge < -0.3 is 0 Å². The second-order valence-corrected chi connectivity index (χ2v) is 12.8. The molecule has 24 heavy (non-hydrogen) atoms. The highest BCUT2D eigenvalue weighted by molar-refractivity contribution is 6.83. The van der Waals surface area contributed by atoms with Crippen LogP contribution in [-0.2, 0) is 5.04 Å². The first kappa shape index (κ1) is 17.2. The molecule has 126 valence electrons. The number of benzene rings is 2. The number of carbonyl (C=O) groups excluding carboxylic acids is 1. The summed E-state index contributed by atoms with van der Waals surface area (Å²) in [4.78, 5) is 12.9. The number of Topliss-reactive ketones (excluding diaryl/α,β-unsaturated/α-hetero) is 1. The van der Waals surface area contributed by atoms with E-state index in [4.69, 9.17) is 0 Å². The van der Waals surface area contributed by atoms with Gasteiger partial charge in [0.2, 0.25) is 0 Å². The molecule has 2 aromatic carbocycles. The van der Waals surface area contributed by atoms with E-state index >= 15 is 0 Å². The van der Waals surface area contributed by atoms with Crippen molar-refractivity contribution in [1.29, 1.82) is 0 Å². The predicted molar refractivity (Wildman–Crippen MR) is 105 cm³/mol. The van der Waals surface area contributed by atoms with Gasteiger partial charge in [0.1, 0.15) is 0 Å². The number of hydrogen-bond acceptors (Lipinski definition) is 1. The minimum Gasteiger partial charge on any atom is -0.294 e. The third kappa shape index (κ3) is 2.23. The third-order valence-electron chi connectivity index (χ3n) is 6.59. The zero-order valence-electron chi connectivity index (χ0n) is 15.4. The van der Waals surface area contributed by atoms with Crippen molar-refractivity contribution in [3.8, 4) is 0 Å². The summed E-state index contributed by atoms with van der Waals surface area (Å²) in [6, 6.07) is 21.0. The molecule has 3 rings (SSSR count). The van der Waals surface area contributed by atoms with Crippen LogP contribution in [0, 0.1) is 6.92 Å². The summed E-state index contributed by atoms with van der Waals surface area (Å²) in [5.41, 5.74) is 4.91. The van der Waals surface area contributed by atoms with Crippen molar-refractivity contribution in [2.24, 2.45) is 0 Å². The normalized spacial score (nSPS) is 20.2. The van der Waals surface area contributed by atoms with Crippen molar-refractivity contribution in [2.45, 2.75) is 57.3 Å². The van der Waals surface area contributed by atoms with Gasteiger partial charge in [-0.1, -0.05) is 93.0 Å². The van der Waals surface area contributed by atoms with Crippen LogP contribution < -0.4 is 0 Å². The fourth-order valence-corrected chi connectivity index (χ4v) is 10.5. The van der Waals surface area contributed by atoms with Crippen LogP contribution in [0.5, 0.6) is 0 Å². The zero-order valence-corrected chi connectivity index (χ0v) is 16.4. The Morgan fingerprint density at radius 2 is 1.50 bits per heavy atom. The average molecular weight is 337 g/mol. The first-order valence-electron chi connectivity index (χ1n) is 9.24. The lowest BCUT2D eigenvalue weighted by Crippen LogP contribution is -2.54. The van der Waals surface area contributed by atoms with Gasteiger partial charge in [-0.05, 0) is 18.1 Å². The molecule has 0 spiro atoms. The summed E-state index contributed by atoms with van der Waals surface area (Å²) in [6.07, 6.45) is 0.664. The van der Waals surface area contributed by atoms with E-state index in [0.717, 1.165) is 5.56 Å². The van der Waals surface area contributed by atoms with Crippen LogP contribution >= 0.6 is 0 Å². The molecule has 1 nitrogen and oxygen atoms in total. The second-order valence-electron chi connectivity index (χ2n) is 7.26. The molecule has 1 aliphatic carbocycles. The molecule has 0 aliphatic heterocycles. The Bertz CT molecular complexity index is 735. The molecule has 0 radical (unpaired) electrons. The van der Waals surface area contributed by atoms with Gasteiger partial charge in [0.25, 0.3) is 0 Å². The quantitative estimate of drug-likeness (QED) is 0.620. The van der Waals surface area contributed by atoms with Crippen molar-refractivity contribution >= 4 is 13.9 Å². The molecule has 1 atom stereocenters. The SMILES string of the molecule is CC[Si](CC)(CC)[C@@]1(c2ccc(C)cc2)CC(=O)c2ccccc21. The van der Waals surface area contributed by atoms with Gasteiger partial charge in [0.15, 0.2) is 5.78 Å². The first-order valence-corrected chi connectivity index (χ1v) is 11.9. The van der Waals surface area contributed by atoms with Crippen LogP contribution in [0.1, 0.15) is 54.2 Å². The minimum absolute atomic E-state index is 0.0629. The van der Waals surface area contributed by atoms with E-state index in [1.807, 2.05) is 12.1 Å². The Morgan fingerprint density at radius 1 is 0.917 bits per heavy atom. The van der Waals surface area contributed by atoms with Gasteiger partial charge in [-0.25, -0.2) is 0 Å². The molecular formula is C22H28OSi. The molecule has 0 heterocycles. The van der Waals surface area contributed by atoms with Crippen LogP contribution in [0.15, 0.2) is 48.5 Å². The van der Waals surface area contributed by atoms with Crippen molar-refractivity contribution in [3.63, 3.8) is 0 Å². The van der Waals surface area contributed by atoms with E-state index < -0.39 is 8.07 Å². The third-order valence-corrected chi connectivity index (χ3v) is 13.2. The van der Waals surface area contributed by atoms with E-state index in [0.29, 0.717) is 12.2 Å². The van der Waals surface area contributed by atoms with Gasteiger partial charge in [-0.3, -0.25) is 4.79 Å². The lowest BCUT2D eigenvalue weighted by Gasteiger charge is -2.47. The summed E-state index contributed by atoms with van der Waals surface area (Å²) in [5, 5.41) is -0.0629. The number of carbonyl (C=O) groups is 1. The molecule has 0 amide bonds. The van der Waals surface area contributed by atoms with Crippen LogP contribution in [0.2, 0.25) is 18.1 Å².